The molecule has 2 atom stereocenters. The van der Waals surface area contributed by atoms with Crippen LogP contribution in [0.2, 0.25) is 5.15 Å². The lowest BCUT2D eigenvalue weighted by atomic mass is 10.2. The highest BCUT2D eigenvalue weighted by atomic mass is 35.5. The molecule has 2 unspecified atom stereocenters. The van der Waals surface area contributed by atoms with Gasteiger partial charge in [-0.15, -0.1) is 0 Å². The summed E-state index contributed by atoms with van der Waals surface area (Å²) in [6.07, 6.45) is 5.90. The third-order valence-electron chi connectivity index (χ3n) is 3.82. The molecule has 1 N–H and O–H groups in total. The van der Waals surface area contributed by atoms with Gasteiger partial charge in [0.25, 0.3) is 0 Å². The molecule has 1 saturated carbocycles. The summed E-state index contributed by atoms with van der Waals surface area (Å²) in [6, 6.07) is 12.2. The van der Waals surface area contributed by atoms with Gasteiger partial charge in [0, 0.05) is 22.9 Å². The molecule has 0 spiro atoms. The van der Waals surface area contributed by atoms with Gasteiger partial charge in [-0.25, -0.2) is 9.97 Å². The lowest BCUT2D eigenvalue weighted by Crippen LogP contribution is -2.26. The van der Waals surface area contributed by atoms with Gasteiger partial charge in [-0.05, 0) is 19.1 Å². The van der Waals surface area contributed by atoms with Crippen LogP contribution in [0.1, 0.15) is 19.3 Å². The number of thioether (sulfide) groups is 1. The van der Waals surface area contributed by atoms with Crippen LogP contribution in [0.4, 0.5) is 5.82 Å². The molecule has 21 heavy (non-hydrogen) atoms. The van der Waals surface area contributed by atoms with E-state index in [0.717, 1.165) is 11.4 Å². The summed E-state index contributed by atoms with van der Waals surface area (Å²) in [4.78, 5) is 8.95. The van der Waals surface area contributed by atoms with Gasteiger partial charge in [-0.1, -0.05) is 48.4 Å². The molecule has 3 nitrogen and oxygen atoms in total. The van der Waals surface area contributed by atoms with Crippen LogP contribution in [0, 0.1) is 0 Å². The number of anilines is 1. The summed E-state index contributed by atoms with van der Waals surface area (Å²) in [5, 5.41) is 4.67. The lowest BCUT2D eigenvalue weighted by Gasteiger charge is -2.20. The maximum Gasteiger partial charge on any atom is 0.163 e. The van der Waals surface area contributed by atoms with Crippen molar-refractivity contribution in [1.82, 2.24) is 9.97 Å². The standard InChI is InChI=1S/C16H18ClN3S/c1-21-13-9-5-8-12(13)18-15-10-14(17)19-16(20-15)11-6-3-2-4-7-11/h2-4,6-7,10,12-13H,5,8-9H2,1H3,(H,18,19,20). The van der Waals surface area contributed by atoms with E-state index in [9.17, 15) is 0 Å². The van der Waals surface area contributed by atoms with Crippen molar-refractivity contribution >= 4 is 29.2 Å². The summed E-state index contributed by atoms with van der Waals surface area (Å²) in [5.41, 5.74) is 0.982. The normalized spacial score (nSPS) is 21.4. The van der Waals surface area contributed by atoms with Crippen molar-refractivity contribution in [3.8, 4) is 11.4 Å². The van der Waals surface area contributed by atoms with Crippen LogP contribution in [0.5, 0.6) is 0 Å². The van der Waals surface area contributed by atoms with E-state index < -0.39 is 0 Å². The molecule has 5 heteroatoms. The largest absolute Gasteiger partial charge is 0.366 e. The van der Waals surface area contributed by atoms with Crippen molar-refractivity contribution in [2.75, 3.05) is 11.6 Å². The Bertz CT molecular complexity index is 606. The Hall–Kier alpha value is -1.26. The Morgan fingerprint density at radius 1 is 1.19 bits per heavy atom. The smallest absolute Gasteiger partial charge is 0.163 e. The fourth-order valence-corrected chi connectivity index (χ4v) is 3.89. The third kappa shape index (κ3) is 3.50. The van der Waals surface area contributed by atoms with Gasteiger partial charge in [-0.2, -0.15) is 11.8 Å². The van der Waals surface area contributed by atoms with E-state index in [1.54, 1.807) is 0 Å². The predicted molar refractivity (Wildman–Crippen MR) is 91.0 cm³/mol. The molecule has 2 aromatic rings. The van der Waals surface area contributed by atoms with Gasteiger partial charge in [0.1, 0.15) is 11.0 Å². The minimum Gasteiger partial charge on any atom is -0.366 e. The summed E-state index contributed by atoms with van der Waals surface area (Å²) in [7, 11) is 0. The van der Waals surface area contributed by atoms with Crippen molar-refractivity contribution in [3.63, 3.8) is 0 Å². The number of nitrogens with zero attached hydrogens (tertiary/aromatic N) is 2. The number of hydrogen-bond donors (Lipinski definition) is 1. The molecule has 1 aliphatic rings. The highest BCUT2D eigenvalue weighted by Gasteiger charge is 2.26. The van der Waals surface area contributed by atoms with Crippen LogP contribution in [-0.4, -0.2) is 27.5 Å². The van der Waals surface area contributed by atoms with Crippen molar-refractivity contribution in [1.29, 1.82) is 0 Å². The molecule has 1 aliphatic carbocycles. The minimum atomic E-state index is 0.467. The number of halogens is 1. The SMILES string of the molecule is CSC1CCCC1Nc1cc(Cl)nc(-c2ccccc2)n1. The molecule has 1 heterocycles. The third-order valence-corrected chi connectivity index (χ3v) is 5.18. The van der Waals surface area contributed by atoms with Crippen LogP contribution >= 0.6 is 23.4 Å². The molecule has 1 aromatic heterocycles. The summed E-state index contributed by atoms with van der Waals surface area (Å²) >= 11 is 8.08. The van der Waals surface area contributed by atoms with Crippen LogP contribution in [0.15, 0.2) is 36.4 Å². The molecule has 1 fully saturated rings. The highest BCUT2D eigenvalue weighted by Crippen LogP contribution is 2.31. The second-order valence-electron chi connectivity index (χ2n) is 5.22. The summed E-state index contributed by atoms with van der Waals surface area (Å²) in [5.74, 6) is 1.49. The predicted octanol–water partition coefficient (Wildman–Crippen LogP) is 4.49. The Morgan fingerprint density at radius 2 is 2.00 bits per heavy atom. The monoisotopic (exact) mass is 319 g/mol. The van der Waals surface area contributed by atoms with E-state index in [1.807, 2.05) is 48.2 Å². The average molecular weight is 320 g/mol. The second kappa shape index (κ2) is 6.67. The van der Waals surface area contributed by atoms with Gasteiger partial charge in [0.15, 0.2) is 5.82 Å². The number of benzene rings is 1. The molecule has 110 valence electrons. The molecule has 3 rings (SSSR count). The van der Waals surface area contributed by atoms with Crippen LogP contribution in [0.25, 0.3) is 11.4 Å². The molecule has 0 amide bonds. The molecule has 1 aromatic carbocycles. The van der Waals surface area contributed by atoms with E-state index in [-0.39, 0.29) is 0 Å². The summed E-state index contributed by atoms with van der Waals surface area (Å²) < 4.78 is 0. The first-order chi connectivity index (χ1) is 10.3. The Kier molecular flexibility index (Phi) is 4.66. The van der Waals surface area contributed by atoms with Gasteiger partial charge < -0.3 is 5.32 Å². The first kappa shape index (κ1) is 14.7. The van der Waals surface area contributed by atoms with Gasteiger partial charge in [0.2, 0.25) is 0 Å². The first-order valence-corrected chi connectivity index (χ1v) is 8.82. The van der Waals surface area contributed by atoms with Crippen LogP contribution in [-0.2, 0) is 0 Å². The fourth-order valence-electron chi connectivity index (χ4n) is 2.77. The summed E-state index contributed by atoms with van der Waals surface area (Å²) in [6.45, 7) is 0. The quantitative estimate of drug-likeness (QED) is 0.842. The van der Waals surface area contributed by atoms with E-state index in [1.165, 1.54) is 19.3 Å². The van der Waals surface area contributed by atoms with Gasteiger partial charge in [-0.3, -0.25) is 0 Å². The lowest BCUT2D eigenvalue weighted by molar-refractivity contribution is 0.763. The molecular weight excluding hydrogens is 302 g/mol. The number of aromatic nitrogens is 2. The van der Waals surface area contributed by atoms with Gasteiger partial charge >= 0.3 is 0 Å². The number of rotatable bonds is 4. The van der Waals surface area contributed by atoms with Crippen molar-refractivity contribution < 1.29 is 0 Å². The molecule has 0 saturated heterocycles. The highest BCUT2D eigenvalue weighted by molar-refractivity contribution is 7.99. The molecule has 0 radical (unpaired) electrons. The first-order valence-electron chi connectivity index (χ1n) is 7.15. The van der Waals surface area contributed by atoms with E-state index in [4.69, 9.17) is 11.6 Å². The Labute approximate surface area is 134 Å². The zero-order valence-corrected chi connectivity index (χ0v) is 13.5. The zero-order chi connectivity index (χ0) is 14.7. The van der Waals surface area contributed by atoms with Gasteiger partial charge in [0.05, 0.1) is 0 Å². The maximum atomic E-state index is 6.16. The molecule has 0 bridgehead atoms. The van der Waals surface area contributed by atoms with Crippen LogP contribution < -0.4 is 5.32 Å². The maximum absolute atomic E-state index is 6.16. The molecular formula is C16H18ClN3S. The second-order valence-corrected chi connectivity index (χ2v) is 6.69. The average Bonchev–Trinajstić information content (AvgIpc) is 2.95. The Morgan fingerprint density at radius 3 is 2.76 bits per heavy atom. The van der Waals surface area contributed by atoms with Crippen molar-refractivity contribution in [2.24, 2.45) is 0 Å². The van der Waals surface area contributed by atoms with Crippen LogP contribution in [0.3, 0.4) is 0 Å². The molecule has 0 aliphatic heterocycles. The fraction of sp³-hybridized carbons (Fsp3) is 0.375. The van der Waals surface area contributed by atoms with Crippen molar-refractivity contribution in [2.45, 2.75) is 30.6 Å². The van der Waals surface area contributed by atoms with E-state index in [0.29, 0.717) is 22.3 Å². The van der Waals surface area contributed by atoms with Crippen molar-refractivity contribution in [3.05, 3.63) is 41.6 Å². The Balaban J connectivity index is 1.85. The van der Waals surface area contributed by atoms with E-state index >= 15 is 0 Å². The van der Waals surface area contributed by atoms with E-state index in [2.05, 4.69) is 21.5 Å². The minimum absolute atomic E-state index is 0.467. The number of nitrogens with one attached hydrogen (secondary N) is 1. The zero-order valence-electron chi connectivity index (χ0n) is 11.9. The topological polar surface area (TPSA) is 37.8 Å². The number of hydrogen-bond acceptors (Lipinski definition) is 4.